The van der Waals surface area contributed by atoms with Gasteiger partial charge in [-0.3, -0.25) is 4.79 Å². The van der Waals surface area contributed by atoms with E-state index in [1.54, 1.807) is 7.11 Å². The van der Waals surface area contributed by atoms with Crippen molar-refractivity contribution >= 4 is 11.6 Å². The van der Waals surface area contributed by atoms with Crippen molar-refractivity contribution in [2.24, 2.45) is 5.41 Å². The number of carbonyl (C=O) groups is 1. The molecule has 1 spiro atoms. The molecular formula is C21H31N3O3. The van der Waals surface area contributed by atoms with Gasteiger partial charge in [0.15, 0.2) is 0 Å². The van der Waals surface area contributed by atoms with E-state index in [-0.39, 0.29) is 11.5 Å². The fraction of sp³-hybridized carbons (Fsp3) is 0.714. The van der Waals surface area contributed by atoms with Crippen LogP contribution < -0.4 is 9.64 Å². The predicted octanol–water partition coefficient (Wildman–Crippen LogP) is 2.52. The van der Waals surface area contributed by atoms with Gasteiger partial charge in [-0.2, -0.15) is 0 Å². The molecule has 1 atom stereocenters. The number of amides is 1. The Kier molecular flexibility index (Phi) is 5.01. The second-order valence-electron chi connectivity index (χ2n) is 8.53. The Morgan fingerprint density at radius 3 is 2.70 bits per heavy atom. The standard InChI is InChI=1S/C21H31N3O3/c1-15-12-19(27-2)22-13-18(15)23-10-3-8-21(14-23)9-11-24(20(21)26)16-4-6-17(25)7-5-16/h12-13,16-17,25H,3-11,14H2,1-2H3/t16-,17+,21-/m1/s1. The van der Waals surface area contributed by atoms with Gasteiger partial charge in [-0.05, 0) is 57.4 Å². The molecule has 1 amide bonds. The molecule has 0 bridgehead atoms. The number of piperidine rings is 1. The van der Waals surface area contributed by atoms with Crippen LogP contribution in [0.3, 0.4) is 0 Å². The number of methoxy groups -OCH3 is 1. The highest BCUT2D eigenvalue weighted by molar-refractivity contribution is 5.86. The van der Waals surface area contributed by atoms with Gasteiger partial charge in [0.1, 0.15) is 0 Å². The number of anilines is 1. The van der Waals surface area contributed by atoms with Gasteiger partial charge in [-0.15, -0.1) is 0 Å². The summed E-state index contributed by atoms with van der Waals surface area (Å²) in [7, 11) is 1.63. The third-order valence-electron chi connectivity index (χ3n) is 6.84. The van der Waals surface area contributed by atoms with Crippen LogP contribution in [0.1, 0.15) is 50.5 Å². The number of hydrogen-bond donors (Lipinski definition) is 1. The number of nitrogens with zero attached hydrogens (tertiary/aromatic N) is 3. The van der Waals surface area contributed by atoms with E-state index in [0.29, 0.717) is 17.8 Å². The van der Waals surface area contributed by atoms with E-state index in [4.69, 9.17) is 4.74 Å². The number of aromatic nitrogens is 1. The summed E-state index contributed by atoms with van der Waals surface area (Å²) in [4.78, 5) is 22.3. The first kappa shape index (κ1) is 18.5. The van der Waals surface area contributed by atoms with Crippen LogP contribution in [0.5, 0.6) is 5.88 Å². The monoisotopic (exact) mass is 373 g/mol. The molecule has 3 fully saturated rings. The smallest absolute Gasteiger partial charge is 0.230 e. The minimum Gasteiger partial charge on any atom is -0.481 e. The Hall–Kier alpha value is -1.82. The average molecular weight is 373 g/mol. The van der Waals surface area contributed by atoms with Crippen molar-refractivity contribution in [3.63, 3.8) is 0 Å². The second-order valence-corrected chi connectivity index (χ2v) is 8.53. The summed E-state index contributed by atoms with van der Waals surface area (Å²) < 4.78 is 5.23. The molecule has 2 aliphatic heterocycles. The van der Waals surface area contributed by atoms with Crippen LogP contribution >= 0.6 is 0 Å². The molecule has 148 valence electrons. The Bertz CT molecular complexity index is 702. The SMILES string of the molecule is COc1cc(C)c(N2CCC[C@@]3(CCN([C@H]4CC[C@@H](O)CC4)C3=O)C2)cn1. The van der Waals surface area contributed by atoms with E-state index >= 15 is 0 Å². The molecule has 3 heterocycles. The van der Waals surface area contributed by atoms with E-state index in [2.05, 4.69) is 21.7 Å². The van der Waals surface area contributed by atoms with Gasteiger partial charge in [0.25, 0.3) is 0 Å². The van der Waals surface area contributed by atoms with Crippen LogP contribution in [-0.4, -0.2) is 59.8 Å². The number of likely N-dealkylation sites (tertiary alicyclic amines) is 1. The molecule has 4 rings (SSSR count). The summed E-state index contributed by atoms with van der Waals surface area (Å²) in [5.74, 6) is 0.971. The highest BCUT2D eigenvalue weighted by Gasteiger charge is 2.50. The maximum absolute atomic E-state index is 13.4. The van der Waals surface area contributed by atoms with Crippen molar-refractivity contribution in [1.29, 1.82) is 0 Å². The van der Waals surface area contributed by atoms with Gasteiger partial charge in [0, 0.05) is 31.7 Å². The molecule has 2 saturated heterocycles. The van der Waals surface area contributed by atoms with Gasteiger partial charge in [0.2, 0.25) is 11.8 Å². The second kappa shape index (κ2) is 7.30. The summed E-state index contributed by atoms with van der Waals surface area (Å²) in [6.45, 7) is 4.70. The van der Waals surface area contributed by atoms with E-state index < -0.39 is 0 Å². The molecular weight excluding hydrogens is 342 g/mol. The Morgan fingerprint density at radius 2 is 2.00 bits per heavy atom. The first-order chi connectivity index (χ1) is 13.0. The quantitative estimate of drug-likeness (QED) is 0.882. The highest BCUT2D eigenvalue weighted by Crippen LogP contribution is 2.43. The van der Waals surface area contributed by atoms with Crippen molar-refractivity contribution in [1.82, 2.24) is 9.88 Å². The third kappa shape index (κ3) is 3.40. The van der Waals surface area contributed by atoms with E-state index in [0.717, 1.165) is 75.8 Å². The molecule has 1 aromatic rings. The van der Waals surface area contributed by atoms with Crippen LogP contribution in [0.25, 0.3) is 0 Å². The topological polar surface area (TPSA) is 65.9 Å². The number of aliphatic hydroxyl groups excluding tert-OH is 1. The fourth-order valence-corrected chi connectivity index (χ4v) is 5.25. The lowest BCUT2D eigenvalue weighted by atomic mass is 9.78. The van der Waals surface area contributed by atoms with E-state index in [1.807, 2.05) is 12.3 Å². The molecule has 6 nitrogen and oxygen atoms in total. The summed E-state index contributed by atoms with van der Waals surface area (Å²) in [5, 5.41) is 9.78. The molecule has 0 aromatic carbocycles. The van der Waals surface area contributed by atoms with Crippen LogP contribution in [0.4, 0.5) is 5.69 Å². The largest absolute Gasteiger partial charge is 0.481 e. The van der Waals surface area contributed by atoms with Gasteiger partial charge < -0.3 is 19.6 Å². The Morgan fingerprint density at radius 1 is 1.22 bits per heavy atom. The number of hydrogen-bond acceptors (Lipinski definition) is 5. The van der Waals surface area contributed by atoms with Crippen molar-refractivity contribution in [2.75, 3.05) is 31.6 Å². The molecule has 3 aliphatic rings. The van der Waals surface area contributed by atoms with Gasteiger partial charge in [0.05, 0.1) is 30.5 Å². The number of aryl methyl sites for hydroxylation is 1. The lowest BCUT2D eigenvalue weighted by Crippen LogP contribution is -2.50. The molecule has 0 radical (unpaired) electrons. The Labute approximate surface area is 161 Å². The van der Waals surface area contributed by atoms with Crippen molar-refractivity contribution in [3.05, 3.63) is 17.8 Å². The zero-order valence-electron chi connectivity index (χ0n) is 16.5. The Balaban J connectivity index is 1.50. The predicted molar refractivity (Wildman–Crippen MR) is 104 cm³/mol. The molecule has 1 aliphatic carbocycles. The first-order valence-electron chi connectivity index (χ1n) is 10.3. The molecule has 1 saturated carbocycles. The lowest BCUT2D eigenvalue weighted by Gasteiger charge is -2.41. The summed E-state index contributed by atoms with van der Waals surface area (Å²) >= 11 is 0. The minimum absolute atomic E-state index is 0.177. The van der Waals surface area contributed by atoms with Crippen molar-refractivity contribution in [3.8, 4) is 5.88 Å². The summed E-state index contributed by atoms with van der Waals surface area (Å²) in [6.07, 6.45) is 8.20. The van der Waals surface area contributed by atoms with E-state index in [1.165, 1.54) is 0 Å². The van der Waals surface area contributed by atoms with E-state index in [9.17, 15) is 9.90 Å². The maximum Gasteiger partial charge on any atom is 0.230 e. The first-order valence-corrected chi connectivity index (χ1v) is 10.3. The number of ether oxygens (including phenoxy) is 1. The molecule has 1 aromatic heterocycles. The molecule has 0 unspecified atom stereocenters. The van der Waals surface area contributed by atoms with Gasteiger partial charge in [-0.25, -0.2) is 4.98 Å². The van der Waals surface area contributed by atoms with Crippen LogP contribution in [0.15, 0.2) is 12.3 Å². The van der Waals surface area contributed by atoms with Crippen LogP contribution in [-0.2, 0) is 4.79 Å². The third-order valence-corrected chi connectivity index (χ3v) is 6.84. The molecule has 27 heavy (non-hydrogen) atoms. The summed E-state index contributed by atoms with van der Waals surface area (Å²) in [6, 6.07) is 2.28. The maximum atomic E-state index is 13.4. The molecule has 1 N–H and O–H groups in total. The number of pyridine rings is 1. The van der Waals surface area contributed by atoms with Crippen molar-refractivity contribution < 1.29 is 14.6 Å². The minimum atomic E-state index is -0.249. The van der Waals surface area contributed by atoms with Gasteiger partial charge in [-0.1, -0.05) is 0 Å². The summed E-state index contributed by atoms with van der Waals surface area (Å²) in [5.41, 5.74) is 2.00. The van der Waals surface area contributed by atoms with Gasteiger partial charge >= 0.3 is 0 Å². The zero-order chi connectivity index (χ0) is 19.0. The number of rotatable bonds is 3. The molecule has 6 heteroatoms. The average Bonchev–Trinajstić information content (AvgIpc) is 2.98. The number of carbonyl (C=O) groups excluding carboxylic acids is 1. The number of aliphatic hydroxyl groups is 1. The normalized spacial score (nSPS) is 31.6. The lowest BCUT2D eigenvalue weighted by molar-refractivity contribution is -0.139. The highest BCUT2D eigenvalue weighted by atomic mass is 16.5. The van der Waals surface area contributed by atoms with Crippen LogP contribution in [0, 0.1) is 12.3 Å². The zero-order valence-corrected chi connectivity index (χ0v) is 16.5. The van der Waals surface area contributed by atoms with Crippen LogP contribution in [0.2, 0.25) is 0 Å². The van der Waals surface area contributed by atoms with Crippen molar-refractivity contribution in [2.45, 2.75) is 64.0 Å². The fourth-order valence-electron chi connectivity index (χ4n) is 5.25.